The molecule has 1 aromatic rings. The van der Waals surface area contributed by atoms with Crippen LogP contribution in [-0.4, -0.2) is 6.54 Å². The van der Waals surface area contributed by atoms with E-state index in [1.165, 1.54) is 0 Å². The van der Waals surface area contributed by atoms with Gasteiger partial charge in [-0.25, -0.2) is 0 Å². The average molecular weight is 163 g/mol. The van der Waals surface area contributed by atoms with Gasteiger partial charge < -0.3 is 5.73 Å². The van der Waals surface area contributed by atoms with Crippen LogP contribution in [0.3, 0.4) is 0 Å². The van der Waals surface area contributed by atoms with E-state index in [-0.39, 0.29) is 0 Å². The summed E-state index contributed by atoms with van der Waals surface area (Å²) in [4.78, 5) is 0.947. The Morgan fingerprint density at radius 1 is 1.27 bits per heavy atom. The van der Waals surface area contributed by atoms with Gasteiger partial charge in [-0.2, -0.15) is 0 Å². The second-order valence-electron chi connectivity index (χ2n) is 2.05. The molecule has 0 radical (unpaired) electrons. The van der Waals surface area contributed by atoms with Crippen LogP contribution in [0.5, 0.6) is 0 Å². The van der Waals surface area contributed by atoms with Crippen molar-refractivity contribution < 1.29 is 0 Å². The van der Waals surface area contributed by atoms with E-state index in [4.69, 9.17) is 5.73 Å². The van der Waals surface area contributed by atoms with Gasteiger partial charge in [-0.1, -0.05) is 11.8 Å². The molecule has 0 aromatic heterocycles. The van der Waals surface area contributed by atoms with Crippen molar-refractivity contribution in [2.75, 3.05) is 6.54 Å². The molecule has 0 heterocycles. The zero-order chi connectivity index (χ0) is 8.10. The minimum Gasteiger partial charge on any atom is -0.320 e. The predicted molar refractivity (Wildman–Crippen MR) is 49.6 cm³/mol. The van der Waals surface area contributed by atoms with Gasteiger partial charge in [0.05, 0.1) is 6.54 Å². The zero-order valence-electron chi connectivity index (χ0n) is 6.04. The van der Waals surface area contributed by atoms with E-state index in [2.05, 4.69) is 24.5 Å². The fourth-order valence-corrected chi connectivity index (χ4v) is 0.847. The van der Waals surface area contributed by atoms with Gasteiger partial charge in [0.1, 0.15) is 0 Å². The third kappa shape index (κ3) is 2.67. The molecule has 0 spiro atoms. The highest BCUT2D eigenvalue weighted by Gasteiger charge is 1.84. The highest BCUT2D eigenvalue weighted by Crippen LogP contribution is 2.05. The Morgan fingerprint density at radius 2 is 1.91 bits per heavy atom. The summed E-state index contributed by atoms with van der Waals surface area (Å²) in [5, 5.41) is 0. The summed E-state index contributed by atoms with van der Waals surface area (Å²) in [6.07, 6.45) is 0. The summed E-state index contributed by atoms with van der Waals surface area (Å²) in [7, 11) is 0. The van der Waals surface area contributed by atoms with Crippen LogP contribution in [0.15, 0.2) is 29.2 Å². The normalized spacial score (nSPS) is 8.55. The monoisotopic (exact) mass is 163 g/mol. The summed E-state index contributed by atoms with van der Waals surface area (Å²) in [6, 6.07) is 7.66. The minimum absolute atomic E-state index is 0.405. The van der Waals surface area contributed by atoms with E-state index in [9.17, 15) is 0 Å². The second kappa shape index (κ2) is 4.07. The van der Waals surface area contributed by atoms with Crippen LogP contribution in [0, 0.1) is 11.8 Å². The second-order valence-corrected chi connectivity index (χ2v) is 2.57. The van der Waals surface area contributed by atoms with E-state index in [0.29, 0.717) is 6.54 Å². The van der Waals surface area contributed by atoms with Crippen molar-refractivity contribution in [2.24, 2.45) is 5.73 Å². The molecule has 2 N–H and O–H groups in total. The Labute approximate surface area is 72.0 Å². The van der Waals surface area contributed by atoms with Crippen LogP contribution < -0.4 is 5.73 Å². The largest absolute Gasteiger partial charge is 0.320 e. The first-order valence-electron chi connectivity index (χ1n) is 3.31. The first kappa shape index (κ1) is 8.19. The van der Waals surface area contributed by atoms with Crippen molar-refractivity contribution in [1.29, 1.82) is 0 Å². The molecule has 0 aliphatic heterocycles. The number of rotatable bonds is 0. The van der Waals surface area contributed by atoms with Gasteiger partial charge in [-0.15, -0.1) is 12.6 Å². The van der Waals surface area contributed by atoms with Gasteiger partial charge in [0.2, 0.25) is 0 Å². The lowest BCUT2D eigenvalue weighted by Crippen LogP contribution is -1.92. The van der Waals surface area contributed by atoms with Crippen LogP contribution in [0.1, 0.15) is 5.56 Å². The molecule has 1 aromatic carbocycles. The van der Waals surface area contributed by atoms with Crippen molar-refractivity contribution in [2.45, 2.75) is 4.90 Å². The first-order valence-corrected chi connectivity index (χ1v) is 3.75. The summed E-state index contributed by atoms with van der Waals surface area (Å²) in [5.41, 5.74) is 6.20. The van der Waals surface area contributed by atoms with Gasteiger partial charge >= 0.3 is 0 Å². The molecule has 0 aliphatic carbocycles. The van der Waals surface area contributed by atoms with E-state index in [1.807, 2.05) is 24.3 Å². The summed E-state index contributed by atoms with van der Waals surface area (Å²) in [6.45, 7) is 0.405. The maximum Gasteiger partial charge on any atom is 0.0555 e. The molecule has 0 amide bonds. The van der Waals surface area contributed by atoms with Gasteiger partial charge in [-0.05, 0) is 24.3 Å². The van der Waals surface area contributed by atoms with Crippen LogP contribution in [-0.2, 0) is 0 Å². The molecule has 1 nitrogen and oxygen atoms in total. The zero-order valence-corrected chi connectivity index (χ0v) is 6.94. The number of benzene rings is 1. The van der Waals surface area contributed by atoms with E-state index >= 15 is 0 Å². The quantitative estimate of drug-likeness (QED) is 0.437. The molecule has 0 saturated carbocycles. The molecular formula is C9H9NS. The van der Waals surface area contributed by atoms with E-state index < -0.39 is 0 Å². The number of nitrogens with two attached hydrogens (primary N) is 1. The van der Waals surface area contributed by atoms with Crippen LogP contribution in [0.4, 0.5) is 0 Å². The predicted octanol–water partition coefficient (Wildman–Crippen LogP) is 1.29. The summed E-state index contributed by atoms with van der Waals surface area (Å²) in [5.74, 6) is 5.70. The standard InChI is InChI=1S/C9H9NS/c10-7-1-2-8-3-5-9(11)6-4-8/h3-6,11H,7,10H2. The smallest absolute Gasteiger partial charge is 0.0555 e. The van der Waals surface area contributed by atoms with Crippen LogP contribution in [0.2, 0.25) is 0 Å². The van der Waals surface area contributed by atoms with Crippen molar-refractivity contribution >= 4 is 12.6 Å². The minimum atomic E-state index is 0.405. The lowest BCUT2D eigenvalue weighted by atomic mass is 10.2. The van der Waals surface area contributed by atoms with Crippen LogP contribution in [0.25, 0.3) is 0 Å². The van der Waals surface area contributed by atoms with Crippen LogP contribution >= 0.6 is 12.6 Å². The van der Waals surface area contributed by atoms with Crippen molar-refractivity contribution in [3.8, 4) is 11.8 Å². The van der Waals surface area contributed by atoms with Crippen molar-refractivity contribution in [3.05, 3.63) is 29.8 Å². The van der Waals surface area contributed by atoms with Crippen molar-refractivity contribution in [1.82, 2.24) is 0 Å². The molecule has 11 heavy (non-hydrogen) atoms. The SMILES string of the molecule is NCC#Cc1ccc(S)cc1. The molecule has 1 rings (SSSR count). The topological polar surface area (TPSA) is 26.0 Å². The maximum absolute atomic E-state index is 5.22. The molecule has 0 fully saturated rings. The summed E-state index contributed by atoms with van der Waals surface area (Å²) >= 11 is 4.15. The highest BCUT2D eigenvalue weighted by atomic mass is 32.1. The molecule has 56 valence electrons. The van der Waals surface area contributed by atoms with Gasteiger partial charge in [0, 0.05) is 10.5 Å². The molecule has 0 bridgehead atoms. The maximum atomic E-state index is 5.22. The Balaban J connectivity index is 2.82. The molecule has 0 saturated heterocycles. The summed E-state index contributed by atoms with van der Waals surface area (Å²) < 4.78 is 0. The van der Waals surface area contributed by atoms with Gasteiger partial charge in [-0.3, -0.25) is 0 Å². The third-order valence-corrected chi connectivity index (χ3v) is 1.50. The lowest BCUT2D eigenvalue weighted by Gasteiger charge is -1.89. The first-order chi connectivity index (χ1) is 5.33. The average Bonchev–Trinajstić information content (AvgIpc) is 2.04. The number of thiol groups is 1. The Bertz CT molecular complexity index is 279. The third-order valence-electron chi connectivity index (χ3n) is 1.20. The van der Waals surface area contributed by atoms with Gasteiger partial charge in [0.15, 0.2) is 0 Å². The van der Waals surface area contributed by atoms with E-state index in [1.54, 1.807) is 0 Å². The molecule has 2 heteroatoms. The fraction of sp³-hybridized carbons (Fsp3) is 0.111. The fourth-order valence-electron chi connectivity index (χ4n) is 0.698. The van der Waals surface area contributed by atoms with Crippen molar-refractivity contribution in [3.63, 3.8) is 0 Å². The lowest BCUT2D eigenvalue weighted by molar-refractivity contribution is 1.30. The molecular weight excluding hydrogens is 154 g/mol. The highest BCUT2D eigenvalue weighted by molar-refractivity contribution is 7.80. The molecule has 0 unspecified atom stereocenters. The van der Waals surface area contributed by atoms with E-state index in [0.717, 1.165) is 10.5 Å². The Hall–Kier alpha value is -0.910. The number of hydrogen-bond acceptors (Lipinski definition) is 2. The Kier molecular flexibility index (Phi) is 3.03. The molecule has 0 aliphatic rings. The Morgan fingerprint density at radius 3 is 2.45 bits per heavy atom. The van der Waals surface area contributed by atoms with Gasteiger partial charge in [0.25, 0.3) is 0 Å². The molecule has 0 atom stereocenters. The number of hydrogen-bond donors (Lipinski definition) is 2.